The van der Waals surface area contributed by atoms with Crippen LogP contribution in [0.1, 0.15) is 38.8 Å². The van der Waals surface area contributed by atoms with Crippen molar-refractivity contribution in [3.8, 4) is 17.1 Å². The van der Waals surface area contributed by atoms with Crippen LogP contribution in [0, 0.1) is 0 Å². The number of ether oxygens (including phenoxy) is 1. The molecule has 0 aliphatic heterocycles. The van der Waals surface area contributed by atoms with Gasteiger partial charge in [0.05, 0.1) is 12.9 Å². The number of hydrogen-bond donors (Lipinski definition) is 1. The fraction of sp³-hybridized carbons (Fsp3) is 0.308. The smallest absolute Gasteiger partial charge is 0.250 e. The summed E-state index contributed by atoms with van der Waals surface area (Å²) in [6.45, 7) is 9.32. The Balaban J connectivity index is 1.56. The van der Waals surface area contributed by atoms with Crippen molar-refractivity contribution < 1.29 is 9.53 Å². The van der Waals surface area contributed by atoms with Gasteiger partial charge in [0.15, 0.2) is 11.0 Å². The average Bonchev–Trinajstić information content (AvgIpc) is 3.25. The van der Waals surface area contributed by atoms with E-state index in [1.807, 2.05) is 41.8 Å². The maximum absolute atomic E-state index is 12.2. The van der Waals surface area contributed by atoms with Gasteiger partial charge in [-0.05, 0) is 36.1 Å². The molecule has 2 aromatic carbocycles. The van der Waals surface area contributed by atoms with Crippen LogP contribution in [0.25, 0.3) is 17.5 Å². The summed E-state index contributed by atoms with van der Waals surface area (Å²) in [4.78, 5) is 12.2. The number of carbonyl (C=O) groups is 1. The minimum Gasteiger partial charge on any atom is -0.496 e. The molecule has 3 aromatic rings. The summed E-state index contributed by atoms with van der Waals surface area (Å²) in [7, 11) is 1.63. The van der Waals surface area contributed by atoms with Crippen LogP contribution >= 0.6 is 11.8 Å². The second-order valence-electron chi connectivity index (χ2n) is 8.58. The fourth-order valence-corrected chi connectivity index (χ4v) is 4.07. The summed E-state index contributed by atoms with van der Waals surface area (Å²) in [5.74, 6) is 1.55. The lowest BCUT2D eigenvalue weighted by atomic mass is 9.87. The highest BCUT2D eigenvalue weighted by Gasteiger charge is 2.17. The number of hydrogen-bond acceptors (Lipinski definition) is 6. The number of benzene rings is 2. The summed E-state index contributed by atoms with van der Waals surface area (Å²) >= 11 is 1.34. The van der Waals surface area contributed by atoms with Crippen molar-refractivity contribution in [1.82, 2.24) is 20.2 Å². The molecule has 0 radical (unpaired) electrons. The van der Waals surface area contributed by atoms with E-state index in [1.54, 1.807) is 13.2 Å². The van der Waals surface area contributed by atoms with E-state index < -0.39 is 0 Å². The number of nitrogens with one attached hydrogen (secondary N) is 1. The molecule has 0 saturated carbocycles. The van der Waals surface area contributed by atoms with Crippen LogP contribution in [0.2, 0.25) is 0 Å². The maximum atomic E-state index is 12.2. The Bertz CT molecular complexity index is 1160. The highest BCUT2D eigenvalue weighted by molar-refractivity contribution is 7.99. The topological polar surface area (TPSA) is 81.4 Å². The zero-order valence-corrected chi connectivity index (χ0v) is 21.1. The molecule has 34 heavy (non-hydrogen) atoms. The quantitative estimate of drug-likeness (QED) is 0.261. The van der Waals surface area contributed by atoms with E-state index in [4.69, 9.17) is 4.74 Å². The third-order valence-electron chi connectivity index (χ3n) is 5.14. The molecule has 0 atom stereocenters. The molecular weight excluding hydrogens is 446 g/mol. The molecule has 0 spiro atoms. The number of amides is 1. The Morgan fingerprint density at radius 2 is 1.88 bits per heavy atom. The molecule has 1 aromatic heterocycles. The summed E-state index contributed by atoms with van der Waals surface area (Å²) in [6.07, 6.45) is 5.14. The number of allylic oxidation sites excluding steroid dienone is 1. The van der Waals surface area contributed by atoms with E-state index in [1.165, 1.54) is 23.5 Å². The molecule has 1 N–H and O–H groups in total. The van der Waals surface area contributed by atoms with E-state index >= 15 is 0 Å². The predicted octanol–water partition coefficient (Wildman–Crippen LogP) is 5.18. The van der Waals surface area contributed by atoms with Crippen molar-refractivity contribution in [3.05, 3.63) is 65.7 Å². The summed E-state index contributed by atoms with van der Waals surface area (Å²) < 4.78 is 7.32. The highest BCUT2D eigenvalue weighted by atomic mass is 32.2. The minimum absolute atomic E-state index is 0.0953. The molecule has 0 saturated heterocycles. The molecule has 1 amide bonds. The van der Waals surface area contributed by atoms with Gasteiger partial charge < -0.3 is 9.30 Å². The number of thioether (sulfide) groups is 1. The Labute approximate surface area is 205 Å². The molecular formula is C26H31N5O2S. The van der Waals surface area contributed by atoms with Gasteiger partial charge in [-0.1, -0.05) is 75.0 Å². The Morgan fingerprint density at radius 3 is 2.56 bits per heavy atom. The lowest BCUT2D eigenvalue weighted by Gasteiger charge is -2.19. The second kappa shape index (κ2) is 11.7. The third kappa shape index (κ3) is 6.57. The standard InChI is InChI=1S/C26H31N5O2S/c1-6-31-24(20-13-15-21(16-14-20)26(2,3)4)29-30-25(31)34-18-23(32)28-27-17-9-11-19-10-7-8-12-22(19)33-5/h7-17H,6,18H2,1-5H3,(H,28,32)/b11-9+,27-17-. The number of methoxy groups -OCH3 is 1. The van der Waals surface area contributed by atoms with Crippen LogP contribution < -0.4 is 10.2 Å². The van der Waals surface area contributed by atoms with Crippen LogP contribution in [0.4, 0.5) is 0 Å². The molecule has 1 heterocycles. The van der Waals surface area contributed by atoms with Gasteiger partial charge in [-0.15, -0.1) is 10.2 Å². The summed E-state index contributed by atoms with van der Waals surface area (Å²) in [5.41, 5.74) is 5.83. The van der Waals surface area contributed by atoms with Crippen molar-refractivity contribution in [2.24, 2.45) is 5.10 Å². The number of nitrogens with zero attached hydrogens (tertiary/aromatic N) is 4. The number of para-hydroxylation sites is 1. The molecule has 8 heteroatoms. The lowest BCUT2D eigenvalue weighted by molar-refractivity contribution is -0.118. The zero-order chi connectivity index (χ0) is 24.6. The number of aromatic nitrogens is 3. The van der Waals surface area contributed by atoms with Crippen molar-refractivity contribution in [2.45, 2.75) is 44.8 Å². The largest absolute Gasteiger partial charge is 0.496 e. The monoisotopic (exact) mass is 477 g/mol. The van der Waals surface area contributed by atoms with Gasteiger partial charge in [0, 0.05) is 23.9 Å². The highest BCUT2D eigenvalue weighted by Crippen LogP contribution is 2.27. The van der Waals surface area contributed by atoms with Crippen LogP contribution in [-0.4, -0.2) is 39.7 Å². The van der Waals surface area contributed by atoms with E-state index in [9.17, 15) is 4.79 Å². The Kier molecular flexibility index (Phi) is 8.65. The molecule has 0 unspecified atom stereocenters. The van der Waals surface area contributed by atoms with Gasteiger partial charge in [-0.3, -0.25) is 4.79 Å². The fourth-order valence-electron chi connectivity index (χ4n) is 3.28. The van der Waals surface area contributed by atoms with Crippen molar-refractivity contribution in [1.29, 1.82) is 0 Å². The first-order valence-electron chi connectivity index (χ1n) is 11.1. The van der Waals surface area contributed by atoms with Gasteiger partial charge in [-0.2, -0.15) is 5.10 Å². The second-order valence-corrected chi connectivity index (χ2v) is 9.52. The van der Waals surface area contributed by atoms with Crippen LogP contribution in [0.5, 0.6) is 5.75 Å². The van der Waals surface area contributed by atoms with Crippen LogP contribution in [-0.2, 0) is 16.8 Å². The molecule has 178 valence electrons. The van der Waals surface area contributed by atoms with Crippen molar-refractivity contribution >= 4 is 30.0 Å². The molecule has 0 aliphatic carbocycles. The van der Waals surface area contributed by atoms with Gasteiger partial charge in [0.25, 0.3) is 5.91 Å². The van der Waals surface area contributed by atoms with E-state index in [0.717, 1.165) is 22.7 Å². The third-order valence-corrected chi connectivity index (χ3v) is 6.11. The van der Waals surface area contributed by atoms with E-state index in [-0.39, 0.29) is 17.1 Å². The van der Waals surface area contributed by atoms with Crippen LogP contribution in [0.15, 0.2) is 64.9 Å². The molecule has 0 bridgehead atoms. The van der Waals surface area contributed by atoms with Crippen molar-refractivity contribution in [2.75, 3.05) is 12.9 Å². The summed E-state index contributed by atoms with van der Waals surface area (Å²) in [5, 5.41) is 13.3. The molecule has 0 fully saturated rings. The Morgan fingerprint density at radius 1 is 1.15 bits per heavy atom. The first kappa shape index (κ1) is 25.2. The van der Waals surface area contributed by atoms with Gasteiger partial charge >= 0.3 is 0 Å². The zero-order valence-electron chi connectivity index (χ0n) is 20.3. The van der Waals surface area contributed by atoms with E-state index in [2.05, 4.69) is 65.8 Å². The normalized spacial score (nSPS) is 11.9. The van der Waals surface area contributed by atoms with Crippen molar-refractivity contribution in [3.63, 3.8) is 0 Å². The molecule has 0 aliphatic rings. The lowest BCUT2D eigenvalue weighted by Crippen LogP contribution is -2.19. The first-order chi connectivity index (χ1) is 16.3. The van der Waals surface area contributed by atoms with Crippen LogP contribution in [0.3, 0.4) is 0 Å². The average molecular weight is 478 g/mol. The Hall–Kier alpha value is -3.39. The summed E-state index contributed by atoms with van der Waals surface area (Å²) in [6, 6.07) is 16.1. The maximum Gasteiger partial charge on any atom is 0.250 e. The molecule has 7 nitrogen and oxygen atoms in total. The number of hydrazone groups is 1. The first-order valence-corrected chi connectivity index (χ1v) is 12.1. The van der Waals surface area contributed by atoms with Gasteiger partial charge in [0.2, 0.25) is 0 Å². The van der Waals surface area contributed by atoms with E-state index in [0.29, 0.717) is 11.7 Å². The SMILES string of the molecule is CCn1c(SCC(=O)N/N=C\C=C\c2ccccc2OC)nnc1-c1ccc(C(C)(C)C)cc1. The molecule has 3 rings (SSSR count). The minimum atomic E-state index is -0.214. The predicted molar refractivity (Wildman–Crippen MR) is 139 cm³/mol. The number of carbonyl (C=O) groups excluding carboxylic acids is 1. The number of rotatable bonds is 9. The van der Waals surface area contributed by atoms with Gasteiger partial charge in [0.1, 0.15) is 5.75 Å². The van der Waals surface area contributed by atoms with Gasteiger partial charge in [-0.25, -0.2) is 5.43 Å².